The standard InChI is InChI=1S/C25H24N2O5S/c1-2-31-25(30)20-17-12-6-7-14-19(17)33-23(20)27-22(28)21(16-10-4-3-5-11-16)32-24(29)18-13-8-9-15-26-18/h3-5,8-11,13,15,21H,2,6-7,12,14H2,1H3,(H,27,28). The minimum atomic E-state index is -1.21. The predicted octanol–water partition coefficient (Wildman–Crippen LogP) is 4.74. The van der Waals surface area contributed by atoms with Crippen LogP contribution in [0.4, 0.5) is 5.00 Å². The van der Waals surface area contributed by atoms with Crippen molar-refractivity contribution in [2.24, 2.45) is 0 Å². The molecule has 3 aromatic rings. The third-order valence-electron chi connectivity index (χ3n) is 5.33. The van der Waals surface area contributed by atoms with E-state index in [1.54, 1.807) is 43.3 Å². The maximum Gasteiger partial charge on any atom is 0.358 e. The normalized spacial score (nSPS) is 13.5. The van der Waals surface area contributed by atoms with Crippen molar-refractivity contribution in [2.75, 3.05) is 11.9 Å². The predicted molar refractivity (Wildman–Crippen MR) is 124 cm³/mol. The van der Waals surface area contributed by atoms with E-state index in [9.17, 15) is 14.4 Å². The first-order chi connectivity index (χ1) is 16.1. The highest BCUT2D eigenvalue weighted by atomic mass is 32.1. The smallest absolute Gasteiger partial charge is 0.358 e. The number of hydrogen-bond donors (Lipinski definition) is 1. The molecule has 1 N–H and O–H groups in total. The van der Waals surface area contributed by atoms with Gasteiger partial charge in [-0.25, -0.2) is 14.6 Å². The van der Waals surface area contributed by atoms with Crippen LogP contribution in [0.15, 0.2) is 54.7 Å². The quantitative estimate of drug-likeness (QED) is 0.508. The molecule has 170 valence electrons. The van der Waals surface area contributed by atoms with Crippen molar-refractivity contribution < 1.29 is 23.9 Å². The summed E-state index contributed by atoms with van der Waals surface area (Å²) in [4.78, 5) is 43.9. The van der Waals surface area contributed by atoms with Crippen LogP contribution in [-0.4, -0.2) is 29.4 Å². The van der Waals surface area contributed by atoms with Crippen molar-refractivity contribution >= 4 is 34.2 Å². The summed E-state index contributed by atoms with van der Waals surface area (Å²) in [5.74, 6) is -1.71. The van der Waals surface area contributed by atoms with Gasteiger partial charge in [0.15, 0.2) is 0 Å². The summed E-state index contributed by atoms with van der Waals surface area (Å²) in [7, 11) is 0. The van der Waals surface area contributed by atoms with E-state index >= 15 is 0 Å². The molecular formula is C25H24N2O5S. The van der Waals surface area contributed by atoms with Crippen molar-refractivity contribution in [2.45, 2.75) is 38.7 Å². The SMILES string of the molecule is CCOC(=O)c1c(NC(=O)C(OC(=O)c2ccccn2)c2ccccc2)sc2c1CCCC2. The molecule has 2 heterocycles. The number of ether oxygens (including phenoxy) is 2. The van der Waals surface area contributed by atoms with Crippen molar-refractivity contribution in [1.82, 2.24) is 4.98 Å². The van der Waals surface area contributed by atoms with Crippen LogP contribution in [0.3, 0.4) is 0 Å². The fourth-order valence-electron chi connectivity index (χ4n) is 3.80. The van der Waals surface area contributed by atoms with E-state index in [-0.39, 0.29) is 12.3 Å². The molecule has 0 bridgehead atoms. The van der Waals surface area contributed by atoms with Crippen LogP contribution in [0, 0.1) is 0 Å². The average Bonchev–Trinajstić information content (AvgIpc) is 3.21. The number of fused-ring (bicyclic) bond motifs is 1. The highest BCUT2D eigenvalue weighted by molar-refractivity contribution is 7.17. The lowest BCUT2D eigenvalue weighted by Crippen LogP contribution is -2.26. The molecule has 0 saturated heterocycles. The maximum atomic E-state index is 13.4. The minimum Gasteiger partial charge on any atom is -0.462 e. The zero-order chi connectivity index (χ0) is 23.2. The number of hydrogen-bond acceptors (Lipinski definition) is 7. The Labute approximate surface area is 195 Å². The highest BCUT2D eigenvalue weighted by Crippen LogP contribution is 2.39. The van der Waals surface area contributed by atoms with Gasteiger partial charge in [0.05, 0.1) is 12.2 Å². The van der Waals surface area contributed by atoms with E-state index in [2.05, 4.69) is 10.3 Å². The number of pyridine rings is 1. The lowest BCUT2D eigenvalue weighted by molar-refractivity contribution is -0.125. The van der Waals surface area contributed by atoms with Crippen LogP contribution >= 0.6 is 11.3 Å². The molecule has 1 aliphatic rings. The number of benzene rings is 1. The highest BCUT2D eigenvalue weighted by Gasteiger charge is 2.31. The molecule has 2 aromatic heterocycles. The van der Waals surface area contributed by atoms with Gasteiger partial charge in [-0.05, 0) is 50.3 Å². The Bertz CT molecular complexity index is 1140. The number of rotatable bonds is 7. The summed E-state index contributed by atoms with van der Waals surface area (Å²) in [6, 6.07) is 13.6. The first-order valence-corrected chi connectivity index (χ1v) is 11.7. The summed E-state index contributed by atoms with van der Waals surface area (Å²) >= 11 is 1.39. The number of carbonyl (C=O) groups excluding carboxylic acids is 3. The van der Waals surface area contributed by atoms with Crippen LogP contribution in [-0.2, 0) is 27.1 Å². The Morgan fingerprint density at radius 3 is 2.52 bits per heavy atom. The third kappa shape index (κ3) is 5.12. The number of nitrogens with one attached hydrogen (secondary N) is 1. The number of nitrogens with zero attached hydrogens (tertiary/aromatic N) is 1. The molecule has 0 spiro atoms. The van der Waals surface area contributed by atoms with Gasteiger partial charge in [0.1, 0.15) is 10.7 Å². The van der Waals surface area contributed by atoms with Crippen LogP contribution in [0.25, 0.3) is 0 Å². The molecule has 1 aromatic carbocycles. The molecule has 1 atom stereocenters. The van der Waals surface area contributed by atoms with Gasteiger partial charge in [-0.3, -0.25) is 4.79 Å². The number of thiophene rings is 1. The number of anilines is 1. The number of amides is 1. The van der Waals surface area contributed by atoms with E-state index in [1.807, 2.05) is 6.07 Å². The summed E-state index contributed by atoms with van der Waals surface area (Å²) in [6.07, 6.45) is 3.92. The molecular weight excluding hydrogens is 440 g/mol. The minimum absolute atomic E-state index is 0.102. The molecule has 1 aliphatic carbocycles. The summed E-state index contributed by atoms with van der Waals surface area (Å²) in [5, 5.41) is 3.27. The van der Waals surface area contributed by atoms with Crippen LogP contribution in [0.5, 0.6) is 0 Å². The van der Waals surface area contributed by atoms with Gasteiger partial charge < -0.3 is 14.8 Å². The fraction of sp³-hybridized carbons (Fsp3) is 0.280. The third-order valence-corrected chi connectivity index (χ3v) is 6.53. The van der Waals surface area contributed by atoms with E-state index in [4.69, 9.17) is 9.47 Å². The van der Waals surface area contributed by atoms with Gasteiger partial charge >= 0.3 is 11.9 Å². The molecule has 7 nitrogen and oxygen atoms in total. The molecule has 0 fully saturated rings. The van der Waals surface area contributed by atoms with Crippen LogP contribution in [0.1, 0.15) is 62.7 Å². The molecule has 33 heavy (non-hydrogen) atoms. The molecule has 0 aliphatic heterocycles. The van der Waals surface area contributed by atoms with Gasteiger partial charge in [-0.2, -0.15) is 0 Å². The number of aromatic nitrogens is 1. The van der Waals surface area contributed by atoms with Gasteiger partial charge in [-0.1, -0.05) is 36.4 Å². The molecule has 4 rings (SSSR count). The molecule has 0 saturated carbocycles. The lowest BCUT2D eigenvalue weighted by atomic mass is 9.95. The van der Waals surface area contributed by atoms with Gasteiger partial charge in [0.2, 0.25) is 6.10 Å². The van der Waals surface area contributed by atoms with Crippen molar-refractivity contribution in [3.05, 3.63) is 82.0 Å². The van der Waals surface area contributed by atoms with Crippen molar-refractivity contribution in [1.29, 1.82) is 0 Å². The van der Waals surface area contributed by atoms with E-state index in [1.165, 1.54) is 23.6 Å². The Balaban J connectivity index is 1.64. The average molecular weight is 465 g/mol. The van der Waals surface area contributed by atoms with E-state index < -0.39 is 23.9 Å². The Hall–Kier alpha value is -3.52. The largest absolute Gasteiger partial charge is 0.462 e. The summed E-state index contributed by atoms with van der Waals surface area (Å²) < 4.78 is 10.8. The van der Waals surface area contributed by atoms with Crippen molar-refractivity contribution in [3.8, 4) is 0 Å². The molecule has 8 heteroatoms. The lowest BCUT2D eigenvalue weighted by Gasteiger charge is -2.18. The summed E-state index contributed by atoms with van der Waals surface area (Å²) in [6.45, 7) is 1.99. The first-order valence-electron chi connectivity index (χ1n) is 10.9. The number of carbonyl (C=O) groups is 3. The molecule has 0 radical (unpaired) electrons. The summed E-state index contributed by atoms with van der Waals surface area (Å²) in [5.41, 5.74) is 1.97. The fourth-order valence-corrected chi connectivity index (χ4v) is 5.08. The van der Waals surface area contributed by atoms with Crippen LogP contribution in [0.2, 0.25) is 0 Å². The molecule has 1 amide bonds. The second-order valence-corrected chi connectivity index (χ2v) is 8.64. The topological polar surface area (TPSA) is 94.6 Å². The number of esters is 2. The van der Waals surface area contributed by atoms with Gasteiger partial charge in [-0.15, -0.1) is 11.3 Å². The maximum absolute atomic E-state index is 13.4. The second kappa shape index (κ2) is 10.4. The zero-order valence-electron chi connectivity index (χ0n) is 18.2. The Morgan fingerprint density at radius 2 is 1.79 bits per heavy atom. The first kappa shape index (κ1) is 22.7. The van der Waals surface area contributed by atoms with Crippen LogP contribution < -0.4 is 5.32 Å². The van der Waals surface area contributed by atoms with Gasteiger partial charge in [0, 0.05) is 16.6 Å². The number of aryl methyl sites for hydroxylation is 1. The van der Waals surface area contributed by atoms with E-state index in [0.717, 1.165) is 36.1 Å². The Morgan fingerprint density at radius 1 is 1.03 bits per heavy atom. The zero-order valence-corrected chi connectivity index (χ0v) is 19.0. The second-order valence-electron chi connectivity index (χ2n) is 7.54. The molecule has 1 unspecified atom stereocenters. The monoisotopic (exact) mass is 464 g/mol. The Kier molecular flexibility index (Phi) is 7.14. The van der Waals surface area contributed by atoms with Gasteiger partial charge in [0.25, 0.3) is 5.91 Å². The van der Waals surface area contributed by atoms with Crippen molar-refractivity contribution in [3.63, 3.8) is 0 Å². The van der Waals surface area contributed by atoms with E-state index in [0.29, 0.717) is 16.1 Å².